The van der Waals surface area contributed by atoms with Gasteiger partial charge in [-0.05, 0) is 30.4 Å². The number of aromatic nitrogens is 2. The van der Waals surface area contributed by atoms with Crippen molar-refractivity contribution in [1.82, 2.24) is 9.97 Å². The number of halogens is 2. The summed E-state index contributed by atoms with van der Waals surface area (Å²) in [6.45, 7) is 3.95. The van der Waals surface area contributed by atoms with E-state index in [1.807, 2.05) is 13.8 Å². The van der Waals surface area contributed by atoms with E-state index in [-0.39, 0.29) is 11.5 Å². The fraction of sp³-hybridized carbons (Fsp3) is 0.353. The van der Waals surface area contributed by atoms with Gasteiger partial charge in [0.05, 0.1) is 21.0 Å². The number of benzene rings is 1. The van der Waals surface area contributed by atoms with Crippen LogP contribution in [0, 0.1) is 0 Å². The second-order valence-electron chi connectivity index (χ2n) is 5.31. The number of carbonyl (C=O) groups is 1. The van der Waals surface area contributed by atoms with Crippen LogP contribution in [0.4, 0.5) is 5.69 Å². The van der Waals surface area contributed by atoms with Crippen LogP contribution in [0.1, 0.15) is 26.0 Å². The van der Waals surface area contributed by atoms with Crippen molar-refractivity contribution in [3.8, 4) is 0 Å². The van der Waals surface area contributed by atoms with Crippen molar-refractivity contribution in [3.63, 3.8) is 0 Å². The van der Waals surface area contributed by atoms with Gasteiger partial charge in [0.25, 0.3) is 5.56 Å². The van der Waals surface area contributed by atoms with E-state index in [0.717, 1.165) is 5.75 Å². The SMILES string of the molecule is CCSCc1cc(=O)[nH]c(SC(CC)C(=O)Nc2ccc(Cl)c(Cl)c2)n1. The van der Waals surface area contributed by atoms with Gasteiger partial charge < -0.3 is 10.3 Å². The molecule has 2 N–H and O–H groups in total. The molecule has 0 aliphatic rings. The molecule has 1 heterocycles. The molecule has 1 aromatic heterocycles. The fourth-order valence-corrected chi connectivity index (χ4v) is 3.86. The molecule has 0 spiro atoms. The summed E-state index contributed by atoms with van der Waals surface area (Å²) in [6, 6.07) is 6.40. The molecule has 0 aliphatic heterocycles. The van der Waals surface area contributed by atoms with Crippen LogP contribution in [-0.4, -0.2) is 26.9 Å². The first-order valence-corrected chi connectivity index (χ1v) is 10.8. The first kappa shape index (κ1) is 21.2. The van der Waals surface area contributed by atoms with Gasteiger partial charge in [-0.1, -0.05) is 48.8 Å². The number of anilines is 1. The number of nitrogens with one attached hydrogen (secondary N) is 2. The maximum Gasteiger partial charge on any atom is 0.251 e. The number of rotatable bonds is 8. The molecular formula is C17H19Cl2N3O2S2. The summed E-state index contributed by atoms with van der Waals surface area (Å²) in [6.07, 6.45) is 0.579. The summed E-state index contributed by atoms with van der Waals surface area (Å²) in [7, 11) is 0. The monoisotopic (exact) mass is 431 g/mol. The normalized spacial score (nSPS) is 12.0. The van der Waals surface area contributed by atoms with Gasteiger partial charge in [0.2, 0.25) is 5.91 Å². The van der Waals surface area contributed by atoms with Crippen molar-refractivity contribution in [1.29, 1.82) is 0 Å². The lowest BCUT2D eigenvalue weighted by Gasteiger charge is -2.14. The smallest absolute Gasteiger partial charge is 0.251 e. The highest BCUT2D eigenvalue weighted by Crippen LogP contribution is 2.27. The van der Waals surface area contributed by atoms with E-state index in [0.29, 0.717) is 38.8 Å². The number of nitrogens with zero attached hydrogens (tertiary/aromatic N) is 1. The van der Waals surface area contributed by atoms with E-state index in [1.54, 1.807) is 30.0 Å². The Morgan fingerprint density at radius 2 is 2.04 bits per heavy atom. The molecule has 1 aromatic carbocycles. The molecule has 140 valence electrons. The maximum absolute atomic E-state index is 12.6. The number of carbonyl (C=O) groups excluding carboxylic acids is 1. The number of aromatic amines is 1. The second kappa shape index (κ2) is 10.3. The number of amides is 1. The lowest BCUT2D eigenvalue weighted by atomic mass is 10.2. The Morgan fingerprint density at radius 3 is 2.69 bits per heavy atom. The Bertz CT molecular complexity index is 830. The zero-order valence-corrected chi connectivity index (χ0v) is 17.5. The Balaban J connectivity index is 2.10. The molecule has 5 nitrogen and oxygen atoms in total. The van der Waals surface area contributed by atoms with Gasteiger partial charge in [-0.2, -0.15) is 11.8 Å². The average molecular weight is 432 g/mol. The molecule has 1 unspecified atom stereocenters. The molecule has 1 atom stereocenters. The highest BCUT2D eigenvalue weighted by molar-refractivity contribution is 8.00. The Hall–Kier alpha value is -1.15. The van der Waals surface area contributed by atoms with Crippen molar-refractivity contribution >= 4 is 58.3 Å². The number of hydrogen-bond donors (Lipinski definition) is 2. The zero-order chi connectivity index (χ0) is 19.1. The lowest BCUT2D eigenvalue weighted by Crippen LogP contribution is -2.25. The van der Waals surface area contributed by atoms with Gasteiger partial charge in [0.15, 0.2) is 5.16 Å². The van der Waals surface area contributed by atoms with E-state index in [9.17, 15) is 9.59 Å². The molecule has 1 amide bonds. The quantitative estimate of drug-likeness (QED) is 0.461. The average Bonchev–Trinajstić information content (AvgIpc) is 2.60. The minimum Gasteiger partial charge on any atom is -0.325 e. The van der Waals surface area contributed by atoms with Gasteiger partial charge in [0.1, 0.15) is 0 Å². The van der Waals surface area contributed by atoms with Crippen molar-refractivity contribution < 1.29 is 4.79 Å². The summed E-state index contributed by atoms with van der Waals surface area (Å²) >= 11 is 14.8. The molecule has 2 aromatic rings. The first-order chi connectivity index (χ1) is 12.4. The molecule has 0 radical (unpaired) electrons. The molecule has 9 heteroatoms. The minimum atomic E-state index is -0.401. The van der Waals surface area contributed by atoms with E-state index in [1.165, 1.54) is 17.8 Å². The van der Waals surface area contributed by atoms with E-state index in [4.69, 9.17) is 23.2 Å². The van der Waals surface area contributed by atoms with Crippen LogP contribution < -0.4 is 10.9 Å². The molecule has 2 rings (SSSR count). The van der Waals surface area contributed by atoms with Crippen molar-refractivity contribution in [3.05, 3.63) is 50.4 Å². The summed E-state index contributed by atoms with van der Waals surface area (Å²) in [5.41, 5.74) is 1.06. The molecule has 0 saturated heterocycles. The van der Waals surface area contributed by atoms with Gasteiger partial charge in [-0.3, -0.25) is 9.59 Å². The number of H-pyrrole nitrogens is 1. The molecule has 0 bridgehead atoms. The van der Waals surface area contributed by atoms with Crippen molar-refractivity contribution in [2.45, 2.75) is 36.4 Å². The maximum atomic E-state index is 12.6. The Morgan fingerprint density at radius 1 is 1.27 bits per heavy atom. The number of hydrogen-bond acceptors (Lipinski definition) is 5. The summed E-state index contributed by atoms with van der Waals surface area (Å²) in [4.78, 5) is 31.5. The van der Waals surface area contributed by atoms with E-state index in [2.05, 4.69) is 15.3 Å². The Kier molecular flexibility index (Phi) is 8.34. The fourth-order valence-electron chi connectivity index (χ4n) is 2.07. The van der Waals surface area contributed by atoms with Gasteiger partial charge in [-0.15, -0.1) is 0 Å². The van der Waals surface area contributed by atoms with Crippen molar-refractivity contribution in [2.75, 3.05) is 11.1 Å². The first-order valence-electron chi connectivity index (χ1n) is 8.03. The highest BCUT2D eigenvalue weighted by atomic mass is 35.5. The van der Waals surface area contributed by atoms with Crippen LogP contribution in [0.3, 0.4) is 0 Å². The second-order valence-corrected chi connectivity index (χ2v) is 8.59. The molecule has 0 fully saturated rings. The largest absolute Gasteiger partial charge is 0.325 e. The summed E-state index contributed by atoms with van der Waals surface area (Å²) in [5, 5.41) is 3.66. The molecular weight excluding hydrogens is 413 g/mol. The standard InChI is InChI=1S/C17H19Cl2N3O2S2/c1-3-14(16(24)20-10-5-6-12(18)13(19)7-10)26-17-21-11(9-25-4-2)8-15(23)22-17/h5-8,14H,3-4,9H2,1-2H3,(H,20,24)(H,21,22,23). The topological polar surface area (TPSA) is 74.8 Å². The Labute approximate surface area is 170 Å². The van der Waals surface area contributed by atoms with Gasteiger partial charge >= 0.3 is 0 Å². The third-order valence-corrected chi connectivity index (χ3v) is 6.23. The molecule has 0 aliphatic carbocycles. The minimum absolute atomic E-state index is 0.188. The third-order valence-electron chi connectivity index (χ3n) is 3.33. The van der Waals surface area contributed by atoms with Gasteiger partial charge in [-0.25, -0.2) is 4.98 Å². The van der Waals surface area contributed by atoms with Crippen LogP contribution in [0.15, 0.2) is 34.2 Å². The van der Waals surface area contributed by atoms with Crippen LogP contribution in [0.2, 0.25) is 10.0 Å². The number of thioether (sulfide) groups is 2. The highest BCUT2D eigenvalue weighted by Gasteiger charge is 2.20. The van der Waals surface area contributed by atoms with Crippen LogP contribution in [0.25, 0.3) is 0 Å². The van der Waals surface area contributed by atoms with Crippen LogP contribution >= 0.6 is 46.7 Å². The van der Waals surface area contributed by atoms with Gasteiger partial charge in [0, 0.05) is 17.5 Å². The summed E-state index contributed by atoms with van der Waals surface area (Å²) < 4.78 is 0. The zero-order valence-electron chi connectivity index (χ0n) is 14.3. The van der Waals surface area contributed by atoms with E-state index >= 15 is 0 Å². The lowest BCUT2D eigenvalue weighted by molar-refractivity contribution is -0.115. The third kappa shape index (κ3) is 6.23. The molecule has 26 heavy (non-hydrogen) atoms. The van der Waals surface area contributed by atoms with Crippen LogP contribution in [0.5, 0.6) is 0 Å². The predicted molar refractivity (Wildman–Crippen MR) is 112 cm³/mol. The molecule has 0 saturated carbocycles. The summed E-state index contributed by atoms with van der Waals surface area (Å²) in [5.74, 6) is 1.42. The van der Waals surface area contributed by atoms with Crippen LogP contribution in [-0.2, 0) is 10.5 Å². The van der Waals surface area contributed by atoms with Crippen molar-refractivity contribution in [2.24, 2.45) is 0 Å². The van der Waals surface area contributed by atoms with E-state index < -0.39 is 5.25 Å². The predicted octanol–water partition coefficient (Wildman–Crippen LogP) is 4.84.